The van der Waals surface area contributed by atoms with Gasteiger partial charge in [-0.2, -0.15) is 0 Å². The third-order valence-electron chi connectivity index (χ3n) is 2.38. The maximum atomic E-state index is 11.7. The number of ether oxygens (including phenoxy) is 1. The summed E-state index contributed by atoms with van der Waals surface area (Å²) in [5.74, 6) is 2.65. The number of terminal acetylenes is 1. The standard InChI is InChI=1S/C15H18BrNO2/c1-6-10(2)11-7-8-12(16)13(9-11)17-14(18)19-15(3,4)5/h1,7-10H,2-5H3,(H,17,18). The molecule has 3 nitrogen and oxygen atoms in total. The van der Waals surface area contributed by atoms with E-state index in [9.17, 15) is 4.79 Å². The van der Waals surface area contributed by atoms with E-state index in [4.69, 9.17) is 11.2 Å². The molecule has 0 aliphatic heterocycles. The van der Waals surface area contributed by atoms with Crippen LogP contribution in [0.3, 0.4) is 0 Å². The highest BCUT2D eigenvalue weighted by Gasteiger charge is 2.17. The summed E-state index contributed by atoms with van der Waals surface area (Å²) in [5.41, 5.74) is 1.09. The van der Waals surface area contributed by atoms with Crippen LogP contribution in [-0.2, 0) is 4.74 Å². The van der Waals surface area contributed by atoms with E-state index in [1.807, 2.05) is 45.9 Å². The molecule has 0 heterocycles. The average molecular weight is 324 g/mol. The zero-order valence-electron chi connectivity index (χ0n) is 11.6. The fourth-order valence-electron chi connectivity index (χ4n) is 1.42. The van der Waals surface area contributed by atoms with Crippen LogP contribution in [0.5, 0.6) is 0 Å². The lowest BCUT2D eigenvalue weighted by Crippen LogP contribution is -2.27. The Morgan fingerprint density at radius 2 is 2.11 bits per heavy atom. The van der Waals surface area contributed by atoms with Gasteiger partial charge >= 0.3 is 6.09 Å². The van der Waals surface area contributed by atoms with Crippen molar-refractivity contribution in [1.29, 1.82) is 0 Å². The van der Waals surface area contributed by atoms with Crippen molar-refractivity contribution in [2.75, 3.05) is 5.32 Å². The predicted octanol–water partition coefficient (Wildman–Crippen LogP) is 4.53. The smallest absolute Gasteiger partial charge is 0.412 e. The van der Waals surface area contributed by atoms with Gasteiger partial charge in [-0.1, -0.05) is 12.0 Å². The van der Waals surface area contributed by atoms with Crippen molar-refractivity contribution in [3.8, 4) is 12.3 Å². The third kappa shape index (κ3) is 4.96. The van der Waals surface area contributed by atoms with Crippen LogP contribution in [0.2, 0.25) is 0 Å². The molecule has 0 spiro atoms. The largest absolute Gasteiger partial charge is 0.444 e. The van der Waals surface area contributed by atoms with Crippen LogP contribution in [0.1, 0.15) is 39.2 Å². The second-order valence-corrected chi connectivity index (χ2v) is 6.11. The summed E-state index contributed by atoms with van der Waals surface area (Å²) in [6.07, 6.45) is 4.92. The number of nitrogens with one attached hydrogen (secondary N) is 1. The normalized spacial score (nSPS) is 12.4. The molecule has 0 bridgehead atoms. The average Bonchev–Trinajstić information content (AvgIpc) is 2.28. The zero-order valence-corrected chi connectivity index (χ0v) is 13.2. The first-order valence-corrected chi connectivity index (χ1v) is 6.78. The number of rotatable bonds is 2. The molecule has 1 aromatic rings. The summed E-state index contributed by atoms with van der Waals surface area (Å²) in [6.45, 7) is 7.38. The van der Waals surface area contributed by atoms with Crippen LogP contribution < -0.4 is 5.32 Å². The van der Waals surface area contributed by atoms with Gasteiger partial charge in [0.1, 0.15) is 5.60 Å². The molecule has 1 aromatic carbocycles. The molecule has 0 aliphatic carbocycles. The number of anilines is 1. The van der Waals surface area contributed by atoms with Crippen LogP contribution in [0.15, 0.2) is 22.7 Å². The lowest BCUT2D eigenvalue weighted by atomic mass is 10.0. The van der Waals surface area contributed by atoms with Crippen molar-refractivity contribution < 1.29 is 9.53 Å². The van der Waals surface area contributed by atoms with Gasteiger partial charge in [-0.3, -0.25) is 5.32 Å². The summed E-state index contributed by atoms with van der Waals surface area (Å²) in [5, 5.41) is 2.71. The Kier molecular flexibility index (Phi) is 5.02. The molecule has 0 saturated carbocycles. The van der Waals surface area contributed by atoms with Crippen LogP contribution in [0.4, 0.5) is 10.5 Å². The number of hydrogen-bond acceptors (Lipinski definition) is 2. The van der Waals surface area contributed by atoms with E-state index >= 15 is 0 Å². The molecule has 1 rings (SSSR count). The Bertz CT molecular complexity index is 512. The fourth-order valence-corrected chi connectivity index (χ4v) is 1.76. The van der Waals surface area contributed by atoms with Crippen molar-refractivity contribution in [1.82, 2.24) is 0 Å². The maximum absolute atomic E-state index is 11.7. The second-order valence-electron chi connectivity index (χ2n) is 5.25. The van der Waals surface area contributed by atoms with Gasteiger partial charge in [0.15, 0.2) is 0 Å². The highest BCUT2D eigenvalue weighted by Crippen LogP contribution is 2.27. The highest BCUT2D eigenvalue weighted by atomic mass is 79.9. The molecule has 102 valence electrons. The molecule has 1 atom stereocenters. The van der Waals surface area contributed by atoms with E-state index in [0.29, 0.717) is 5.69 Å². The first-order chi connectivity index (χ1) is 8.73. The summed E-state index contributed by atoms with van der Waals surface area (Å²) >= 11 is 3.39. The Balaban J connectivity index is 2.89. The number of hydrogen-bond donors (Lipinski definition) is 1. The van der Waals surface area contributed by atoms with Crippen molar-refractivity contribution >= 4 is 27.7 Å². The quantitative estimate of drug-likeness (QED) is 0.812. The minimum atomic E-state index is -0.528. The lowest BCUT2D eigenvalue weighted by Gasteiger charge is -2.20. The van der Waals surface area contributed by atoms with E-state index in [2.05, 4.69) is 27.2 Å². The summed E-state index contributed by atoms with van der Waals surface area (Å²) in [7, 11) is 0. The molecule has 1 N–H and O–H groups in total. The molecule has 0 fully saturated rings. The van der Waals surface area contributed by atoms with Gasteiger partial charge in [0, 0.05) is 10.4 Å². The van der Waals surface area contributed by atoms with Gasteiger partial charge in [0.25, 0.3) is 0 Å². The van der Waals surface area contributed by atoms with Crippen molar-refractivity contribution in [2.24, 2.45) is 0 Å². The summed E-state index contributed by atoms with van der Waals surface area (Å²) < 4.78 is 6.00. The first kappa shape index (κ1) is 15.6. The van der Waals surface area contributed by atoms with Gasteiger partial charge in [-0.15, -0.1) is 6.42 Å². The van der Waals surface area contributed by atoms with Crippen LogP contribution >= 0.6 is 15.9 Å². The molecule has 1 unspecified atom stereocenters. The molecule has 0 radical (unpaired) electrons. The van der Waals surface area contributed by atoms with Crippen LogP contribution in [0.25, 0.3) is 0 Å². The molecular formula is C15H18BrNO2. The SMILES string of the molecule is C#CC(C)c1ccc(Br)c(NC(=O)OC(C)(C)C)c1. The Hall–Kier alpha value is -1.47. The minimum Gasteiger partial charge on any atom is -0.444 e. The third-order valence-corrected chi connectivity index (χ3v) is 3.07. The van der Waals surface area contributed by atoms with E-state index in [0.717, 1.165) is 10.0 Å². The maximum Gasteiger partial charge on any atom is 0.412 e. The summed E-state index contributed by atoms with van der Waals surface area (Å²) in [6, 6.07) is 5.63. The molecule has 0 saturated heterocycles. The Morgan fingerprint density at radius 1 is 1.47 bits per heavy atom. The van der Waals surface area contributed by atoms with Crippen LogP contribution in [-0.4, -0.2) is 11.7 Å². The second kappa shape index (κ2) is 6.12. The predicted molar refractivity (Wildman–Crippen MR) is 81.2 cm³/mol. The molecule has 19 heavy (non-hydrogen) atoms. The van der Waals surface area contributed by atoms with Crippen molar-refractivity contribution in [3.63, 3.8) is 0 Å². The van der Waals surface area contributed by atoms with Crippen molar-refractivity contribution in [3.05, 3.63) is 28.2 Å². The number of amides is 1. The van der Waals surface area contributed by atoms with Gasteiger partial charge in [0.2, 0.25) is 0 Å². The molecule has 1 amide bonds. The number of carbonyl (C=O) groups excluding carboxylic acids is 1. The van der Waals surface area contributed by atoms with Crippen molar-refractivity contribution in [2.45, 2.75) is 39.2 Å². The Labute approximate surface area is 122 Å². The lowest BCUT2D eigenvalue weighted by molar-refractivity contribution is 0.0636. The highest BCUT2D eigenvalue weighted by molar-refractivity contribution is 9.10. The van der Waals surface area contributed by atoms with E-state index < -0.39 is 11.7 Å². The van der Waals surface area contributed by atoms with Crippen LogP contribution in [0, 0.1) is 12.3 Å². The Morgan fingerprint density at radius 3 is 2.63 bits per heavy atom. The minimum absolute atomic E-state index is 0.00714. The number of benzene rings is 1. The van der Waals surface area contributed by atoms with E-state index in [1.54, 1.807) is 0 Å². The summed E-state index contributed by atoms with van der Waals surface area (Å²) in [4.78, 5) is 11.7. The monoisotopic (exact) mass is 323 g/mol. The van der Waals surface area contributed by atoms with Gasteiger partial charge in [-0.25, -0.2) is 4.79 Å². The fraction of sp³-hybridized carbons (Fsp3) is 0.400. The zero-order chi connectivity index (χ0) is 14.6. The molecule has 0 aromatic heterocycles. The van der Waals surface area contributed by atoms with E-state index in [1.165, 1.54) is 0 Å². The molecule has 4 heteroatoms. The first-order valence-electron chi connectivity index (χ1n) is 5.98. The number of halogens is 1. The number of carbonyl (C=O) groups is 1. The van der Waals surface area contributed by atoms with Gasteiger partial charge < -0.3 is 4.74 Å². The van der Waals surface area contributed by atoms with Gasteiger partial charge in [0.05, 0.1) is 5.69 Å². The van der Waals surface area contributed by atoms with E-state index in [-0.39, 0.29) is 5.92 Å². The topological polar surface area (TPSA) is 38.3 Å². The molecule has 0 aliphatic rings. The van der Waals surface area contributed by atoms with Gasteiger partial charge in [-0.05, 0) is 61.3 Å². The molecular weight excluding hydrogens is 306 g/mol.